The first-order valence-electron chi connectivity index (χ1n) is 12.6. The first-order valence-corrected chi connectivity index (χ1v) is 14.4. The highest BCUT2D eigenvalue weighted by molar-refractivity contribution is 7.92. The molecule has 0 saturated carbocycles. The van der Waals surface area contributed by atoms with E-state index in [1.54, 1.807) is 18.2 Å². The van der Waals surface area contributed by atoms with Crippen LogP contribution in [0.25, 0.3) is 0 Å². The molecule has 0 saturated heterocycles. The Morgan fingerprint density at radius 2 is 1.70 bits per heavy atom. The molecule has 0 fully saturated rings. The summed E-state index contributed by atoms with van der Waals surface area (Å²) in [5.74, 6) is 0.198. The number of carbonyl (C=O) groups is 2. The summed E-state index contributed by atoms with van der Waals surface area (Å²) in [5.41, 5.74) is 2.15. The number of carbonyl (C=O) groups excluding carboxylic acids is 2. The van der Waals surface area contributed by atoms with E-state index in [0.29, 0.717) is 31.1 Å². The summed E-state index contributed by atoms with van der Waals surface area (Å²) in [6, 6.07) is 11.6. The van der Waals surface area contributed by atoms with Crippen molar-refractivity contribution in [2.24, 2.45) is 0 Å². The third-order valence-corrected chi connectivity index (χ3v) is 7.62. The number of sulfonamides is 1. The van der Waals surface area contributed by atoms with Crippen LogP contribution in [0.15, 0.2) is 42.5 Å². The van der Waals surface area contributed by atoms with Gasteiger partial charge in [0.25, 0.3) is 0 Å². The second-order valence-electron chi connectivity index (χ2n) is 9.29. The molecular formula is C27H37N3O6S. The van der Waals surface area contributed by atoms with Crippen molar-refractivity contribution in [2.45, 2.75) is 59.2 Å². The molecule has 1 N–H and O–H groups in total. The van der Waals surface area contributed by atoms with Gasteiger partial charge in [0, 0.05) is 18.7 Å². The normalized spacial score (nSPS) is 14.4. The van der Waals surface area contributed by atoms with Crippen molar-refractivity contribution in [3.63, 3.8) is 0 Å². The first kappa shape index (κ1) is 28.3. The van der Waals surface area contributed by atoms with Crippen LogP contribution >= 0.6 is 0 Å². The van der Waals surface area contributed by atoms with Crippen LogP contribution in [-0.4, -0.2) is 63.2 Å². The average molecular weight is 532 g/mol. The van der Waals surface area contributed by atoms with Crippen LogP contribution in [0.4, 0.5) is 5.69 Å². The van der Waals surface area contributed by atoms with Gasteiger partial charge in [0.05, 0.1) is 11.9 Å². The molecule has 2 atom stereocenters. The van der Waals surface area contributed by atoms with Gasteiger partial charge >= 0.3 is 0 Å². The molecule has 1 aliphatic rings. The van der Waals surface area contributed by atoms with Gasteiger partial charge in [-0.15, -0.1) is 0 Å². The summed E-state index contributed by atoms with van der Waals surface area (Å²) in [4.78, 5) is 28.5. The Labute approximate surface area is 219 Å². The summed E-state index contributed by atoms with van der Waals surface area (Å²) in [6.07, 6.45) is 2.18. The van der Waals surface area contributed by atoms with Gasteiger partial charge in [0.2, 0.25) is 21.8 Å². The smallest absolute Gasteiger partial charge is 0.244 e. The summed E-state index contributed by atoms with van der Waals surface area (Å²) in [7, 11) is -3.84. The second kappa shape index (κ2) is 12.3. The molecule has 0 bridgehead atoms. The second-order valence-corrected chi connectivity index (χ2v) is 11.2. The summed E-state index contributed by atoms with van der Waals surface area (Å²) < 4.78 is 37.9. The van der Waals surface area contributed by atoms with E-state index in [-0.39, 0.29) is 24.2 Å². The maximum atomic E-state index is 13.8. The summed E-state index contributed by atoms with van der Waals surface area (Å²) in [6.45, 7) is 8.14. The molecule has 2 aromatic carbocycles. The number of amides is 2. The molecule has 1 heterocycles. The fourth-order valence-corrected chi connectivity index (χ4v) is 4.97. The zero-order valence-corrected chi connectivity index (χ0v) is 23.0. The maximum Gasteiger partial charge on any atom is 0.244 e. The highest BCUT2D eigenvalue weighted by atomic mass is 32.2. The molecule has 0 unspecified atom stereocenters. The van der Waals surface area contributed by atoms with Crippen molar-refractivity contribution in [2.75, 3.05) is 30.3 Å². The minimum Gasteiger partial charge on any atom is -0.486 e. The number of hydrogen-bond donors (Lipinski definition) is 1. The van der Waals surface area contributed by atoms with E-state index < -0.39 is 28.5 Å². The molecule has 202 valence electrons. The standard InChI is InChI=1S/C27H37N3O6S/c1-6-20(4)28-27(32)23(7-2)29(17-21-11-9-8-10-19(21)3)26(31)18-30(37(5,33)34)22-12-13-24-25(16-22)36-15-14-35-24/h8-13,16,20,23H,6-7,14-15,17-18H2,1-5H3,(H,28,32)/t20-,23-/m0/s1. The number of ether oxygens (including phenoxy) is 2. The number of anilines is 1. The average Bonchev–Trinajstić information content (AvgIpc) is 2.87. The van der Waals surface area contributed by atoms with E-state index in [1.807, 2.05) is 52.0 Å². The Balaban J connectivity index is 1.96. The van der Waals surface area contributed by atoms with Crippen LogP contribution in [0, 0.1) is 6.92 Å². The number of nitrogens with one attached hydrogen (secondary N) is 1. The Morgan fingerprint density at radius 1 is 1.03 bits per heavy atom. The van der Waals surface area contributed by atoms with Crippen LogP contribution in [0.1, 0.15) is 44.7 Å². The van der Waals surface area contributed by atoms with Gasteiger partial charge in [-0.3, -0.25) is 13.9 Å². The molecule has 10 heteroatoms. The van der Waals surface area contributed by atoms with Crippen molar-refractivity contribution < 1.29 is 27.5 Å². The quantitative estimate of drug-likeness (QED) is 0.477. The number of rotatable bonds is 11. The van der Waals surface area contributed by atoms with Gasteiger partial charge in [-0.2, -0.15) is 0 Å². The lowest BCUT2D eigenvalue weighted by atomic mass is 10.1. The van der Waals surface area contributed by atoms with Gasteiger partial charge in [-0.05, 0) is 49.9 Å². The van der Waals surface area contributed by atoms with Crippen molar-refractivity contribution in [1.29, 1.82) is 0 Å². The molecule has 37 heavy (non-hydrogen) atoms. The molecular weight excluding hydrogens is 494 g/mol. The largest absolute Gasteiger partial charge is 0.486 e. The lowest BCUT2D eigenvalue weighted by molar-refractivity contribution is -0.140. The van der Waals surface area contributed by atoms with Gasteiger partial charge < -0.3 is 19.7 Å². The van der Waals surface area contributed by atoms with E-state index in [4.69, 9.17) is 9.47 Å². The highest BCUT2D eigenvalue weighted by Crippen LogP contribution is 2.34. The van der Waals surface area contributed by atoms with Gasteiger partial charge in [-0.1, -0.05) is 38.1 Å². The van der Waals surface area contributed by atoms with Gasteiger partial charge in [-0.25, -0.2) is 8.42 Å². The molecule has 2 amide bonds. The zero-order chi connectivity index (χ0) is 27.2. The van der Waals surface area contributed by atoms with E-state index in [1.165, 1.54) is 4.90 Å². The van der Waals surface area contributed by atoms with Crippen molar-refractivity contribution >= 4 is 27.5 Å². The minimum atomic E-state index is -3.84. The topological polar surface area (TPSA) is 105 Å². The molecule has 2 aromatic rings. The molecule has 9 nitrogen and oxygen atoms in total. The van der Waals surface area contributed by atoms with E-state index >= 15 is 0 Å². The van der Waals surface area contributed by atoms with Crippen LogP contribution in [0.5, 0.6) is 11.5 Å². The number of aryl methyl sites for hydroxylation is 1. The SMILES string of the molecule is CC[C@H](C)NC(=O)[C@H](CC)N(Cc1ccccc1C)C(=O)CN(c1ccc2c(c1)OCCO2)S(C)(=O)=O. The van der Waals surface area contributed by atoms with Gasteiger partial charge in [0.15, 0.2) is 11.5 Å². The van der Waals surface area contributed by atoms with Crippen LogP contribution in [0.3, 0.4) is 0 Å². The highest BCUT2D eigenvalue weighted by Gasteiger charge is 2.32. The lowest BCUT2D eigenvalue weighted by Crippen LogP contribution is -2.53. The first-order chi connectivity index (χ1) is 17.5. The Bertz CT molecular complexity index is 1220. The van der Waals surface area contributed by atoms with E-state index in [0.717, 1.165) is 28.1 Å². The maximum absolute atomic E-state index is 13.8. The van der Waals surface area contributed by atoms with E-state index in [2.05, 4.69) is 5.32 Å². The monoisotopic (exact) mass is 531 g/mol. The number of fused-ring (bicyclic) bond motifs is 1. The Kier molecular flexibility index (Phi) is 9.42. The molecule has 1 aliphatic heterocycles. The molecule has 0 spiro atoms. The predicted molar refractivity (Wildman–Crippen MR) is 143 cm³/mol. The van der Waals surface area contributed by atoms with Crippen LogP contribution in [-0.2, 0) is 26.2 Å². The number of benzene rings is 2. The summed E-state index contributed by atoms with van der Waals surface area (Å²) in [5, 5.41) is 2.97. The Hall–Kier alpha value is -3.27. The molecule has 0 radical (unpaired) electrons. The number of nitrogens with zero attached hydrogens (tertiary/aromatic N) is 2. The third-order valence-electron chi connectivity index (χ3n) is 6.48. The third kappa shape index (κ3) is 7.15. The van der Waals surface area contributed by atoms with Crippen LogP contribution in [0.2, 0.25) is 0 Å². The molecule has 3 rings (SSSR count). The van der Waals surface area contributed by atoms with Gasteiger partial charge in [0.1, 0.15) is 25.8 Å². The fraction of sp³-hybridized carbons (Fsp3) is 0.481. The zero-order valence-electron chi connectivity index (χ0n) is 22.2. The van der Waals surface area contributed by atoms with E-state index in [9.17, 15) is 18.0 Å². The van der Waals surface area contributed by atoms with Crippen molar-refractivity contribution in [1.82, 2.24) is 10.2 Å². The van der Waals surface area contributed by atoms with Crippen LogP contribution < -0.4 is 19.1 Å². The fourth-order valence-electron chi connectivity index (χ4n) is 4.13. The minimum absolute atomic E-state index is 0.0535. The summed E-state index contributed by atoms with van der Waals surface area (Å²) >= 11 is 0. The molecule has 0 aromatic heterocycles. The predicted octanol–water partition coefficient (Wildman–Crippen LogP) is 3.25. The lowest BCUT2D eigenvalue weighted by Gasteiger charge is -2.34. The number of hydrogen-bond acceptors (Lipinski definition) is 6. The molecule has 0 aliphatic carbocycles. The van der Waals surface area contributed by atoms with Crippen molar-refractivity contribution in [3.05, 3.63) is 53.6 Å². The van der Waals surface area contributed by atoms with Crippen molar-refractivity contribution in [3.8, 4) is 11.5 Å². The Morgan fingerprint density at radius 3 is 2.32 bits per heavy atom.